The van der Waals surface area contributed by atoms with Crippen molar-refractivity contribution in [3.05, 3.63) is 0 Å². The highest BCUT2D eigenvalue weighted by atomic mass is 32.2. The highest BCUT2D eigenvalue weighted by Gasteiger charge is 2.35. The quantitative estimate of drug-likeness (QED) is 0.749. The van der Waals surface area contributed by atoms with Crippen LogP contribution in [0.2, 0.25) is 0 Å². The third-order valence-electron chi connectivity index (χ3n) is 3.42. The van der Waals surface area contributed by atoms with Crippen molar-refractivity contribution in [2.45, 2.75) is 62.9 Å². The van der Waals surface area contributed by atoms with Gasteiger partial charge in [-0.1, -0.05) is 0 Å². The van der Waals surface area contributed by atoms with Crippen LogP contribution in [0, 0.1) is 0 Å². The van der Waals surface area contributed by atoms with Crippen LogP contribution < -0.4 is 10.0 Å². The highest BCUT2D eigenvalue weighted by Crippen LogP contribution is 2.27. The van der Waals surface area contributed by atoms with E-state index in [1.165, 1.54) is 12.8 Å². The van der Waals surface area contributed by atoms with Gasteiger partial charge in [0.15, 0.2) is 0 Å². The zero-order valence-electron chi connectivity index (χ0n) is 9.36. The van der Waals surface area contributed by atoms with E-state index in [4.69, 9.17) is 0 Å². The van der Waals surface area contributed by atoms with Gasteiger partial charge in [0.05, 0.1) is 5.25 Å². The van der Waals surface area contributed by atoms with Crippen molar-refractivity contribution in [2.24, 2.45) is 0 Å². The van der Waals surface area contributed by atoms with Crippen LogP contribution in [-0.4, -0.2) is 31.8 Å². The minimum Gasteiger partial charge on any atom is -0.311 e. The Bertz CT molecular complexity index is 314. The maximum atomic E-state index is 11.7. The van der Waals surface area contributed by atoms with Gasteiger partial charge in [0.2, 0.25) is 10.0 Å². The summed E-state index contributed by atoms with van der Waals surface area (Å²) in [5, 5.41) is 3.17. The number of fused-ring (bicyclic) bond motifs is 2. The summed E-state index contributed by atoms with van der Waals surface area (Å²) < 4.78 is 26.2. The van der Waals surface area contributed by atoms with Gasteiger partial charge in [-0.15, -0.1) is 0 Å². The molecule has 15 heavy (non-hydrogen) atoms. The number of nitrogens with one attached hydrogen (secondary N) is 2. The number of sulfonamides is 1. The molecule has 0 radical (unpaired) electrons. The van der Waals surface area contributed by atoms with Gasteiger partial charge < -0.3 is 5.32 Å². The minimum atomic E-state index is -3.09. The molecule has 0 spiro atoms. The lowest BCUT2D eigenvalue weighted by molar-refractivity contribution is 0.344. The topological polar surface area (TPSA) is 58.2 Å². The van der Waals surface area contributed by atoms with E-state index in [9.17, 15) is 8.42 Å². The summed E-state index contributed by atoms with van der Waals surface area (Å²) in [5.41, 5.74) is 0. The molecule has 88 valence electrons. The van der Waals surface area contributed by atoms with E-state index in [-0.39, 0.29) is 11.3 Å². The fourth-order valence-electron chi connectivity index (χ4n) is 2.52. The van der Waals surface area contributed by atoms with Gasteiger partial charge in [0, 0.05) is 18.1 Å². The Morgan fingerprint density at radius 1 is 1.20 bits per heavy atom. The second-order valence-corrected chi connectivity index (χ2v) is 7.29. The van der Waals surface area contributed by atoms with Crippen LogP contribution in [0.3, 0.4) is 0 Å². The van der Waals surface area contributed by atoms with Crippen molar-refractivity contribution >= 4 is 10.0 Å². The molecule has 0 aliphatic carbocycles. The lowest BCUT2D eigenvalue weighted by Gasteiger charge is -2.30. The van der Waals surface area contributed by atoms with E-state index in [2.05, 4.69) is 10.0 Å². The van der Waals surface area contributed by atoms with Gasteiger partial charge in [-0.25, -0.2) is 13.1 Å². The van der Waals surface area contributed by atoms with Crippen LogP contribution in [0.25, 0.3) is 0 Å². The second-order valence-electron chi connectivity index (χ2n) is 5.02. The summed E-state index contributed by atoms with van der Waals surface area (Å²) in [7, 11) is -3.09. The van der Waals surface area contributed by atoms with E-state index >= 15 is 0 Å². The third-order valence-corrected chi connectivity index (χ3v) is 5.33. The van der Waals surface area contributed by atoms with E-state index in [1.54, 1.807) is 13.8 Å². The van der Waals surface area contributed by atoms with Crippen molar-refractivity contribution in [1.82, 2.24) is 10.0 Å². The van der Waals surface area contributed by atoms with Crippen LogP contribution in [-0.2, 0) is 10.0 Å². The molecule has 2 aliphatic heterocycles. The normalized spacial score (nSPS) is 36.1. The lowest BCUT2D eigenvalue weighted by Crippen LogP contribution is -2.49. The molecule has 2 unspecified atom stereocenters. The van der Waals surface area contributed by atoms with E-state index < -0.39 is 10.0 Å². The van der Waals surface area contributed by atoms with Crippen molar-refractivity contribution in [3.63, 3.8) is 0 Å². The van der Waals surface area contributed by atoms with E-state index in [0.29, 0.717) is 12.1 Å². The van der Waals surface area contributed by atoms with Gasteiger partial charge in [-0.05, 0) is 39.5 Å². The first-order valence-electron chi connectivity index (χ1n) is 5.74. The fraction of sp³-hybridized carbons (Fsp3) is 1.00. The van der Waals surface area contributed by atoms with Crippen LogP contribution in [0.4, 0.5) is 0 Å². The molecule has 2 saturated heterocycles. The first-order chi connectivity index (χ1) is 6.97. The predicted molar refractivity (Wildman–Crippen MR) is 60.2 cm³/mol. The molecule has 2 bridgehead atoms. The van der Waals surface area contributed by atoms with Gasteiger partial charge in [0.1, 0.15) is 0 Å². The number of hydrogen-bond acceptors (Lipinski definition) is 3. The lowest BCUT2D eigenvalue weighted by atomic mass is 10.0. The number of hydrogen-bond donors (Lipinski definition) is 2. The molecule has 2 heterocycles. The summed E-state index contributed by atoms with van der Waals surface area (Å²) in [5.74, 6) is 0. The molecule has 2 atom stereocenters. The molecular formula is C10H20N2O2S. The Morgan fingerprint density at radius 3 is 2.20 bits per heavy atom. The van der Waals surface area contributed by atoms with Crippen LogP contribution >= 0.6 is 0 Å². The average molecular weight is 232 g/mol. The second kappa shape index (κ2) is 4.03. The minimum absolute atomic E-state index is 0.149. The Morgan fingerprint density at radius 2 is 1.73 bits per heavy atom. The van der Waals surface area contributed by atoms with Gasteiger partial charge in [0.25, 0.3) is 0 Å². The largest absolute Gasteiger partial charge is 0.311 e. The van der Waals surface area contributed by atoms with Crippen LogP contribution in [0.5, 0.6) is 0 Å². The zero-order valence-corrected chi connectivity index (χ0v) is 10.2. The van der Waals surface area contributed by atoms with Gasteiger partial charge in [-0.2, -0.15) is 0 Å². The molecule has 0 aromatic rings. The number of piperidine rings is 1. The molecule has 0 saturated carbocycles. The molecule has 2 aliphatic rings. The van der Waals surface area contributed by atoms with E-state index in [0.717, 1.165) is 12.8 Å². The first kappa shape index (κ1) is 11.4. The highest BCUT2D eigenvalue weighted by molar-refractivity contribution is 7.90. The predicted octanol–water partition coefficient (Wildman–Crippen LogP) is 0.597. The molecule has 2 rings (SSSR count). The molecule has 2 fully saturated rings. The third kappa shape index (κ3) is 2.52. The summed E-state index contributed by atoms with van der Waals surface area (Å²) in [4.78, 5) is 0. The molecule has 0 amide bonds. The smallest absolute Gasteiger partial charge is 0.214 e. The molecule has 2 N–H and O–H groups in total. The Labute approximate surface area is 91.9 Å². The zero-order chi connectivity index (χ0) is 11.1. The maximum Gasteiger partial charge on any atom is 0.214 e. The Kier molecular flexibility index (Phi) is 3.05. The SMILES string of the molecule is CC(C)S(=O)(=O)NC1CC2CCC(C1)N2. The van der Waals surface area contributed by atoms with Crippen molar-refractivity contribution < 1.29 is 8.42 Å². The van der Waals surface area contributed by atoms with Gasteiger partial charge in [-0.3, -0.25) is 0 Å². The monoisotopic (exact) mass is 232 g/mol. The average Bonchev–Trinajstić information content (AvgIpc) is 2.44. The molecule has 4 nitrogen and oxygen atoms in total. The number of rotatable bonds is 3. The summed E-state index contributed by atoms with van der Waals surface area (Å²) in [6.07, 6.45) is 4.29. The summed E-state index contributed by atoms with van der Waals surface area (Å²) >= 11 is 0. The maximum absolute atomic E-state index is 11.7. The Balaban J connectivity index is 1.96. The van der Waals surface area contributed by atoms with Crippen LogP contribution in [0.15, 0.2) is 0 Å². The molecule has 5 heteroatoms. The van der Waals surface area contributed by atoms with Crippen molar-refractivity contribution in [1.29, 1.82) is 0 Å². The molecular weight excluding hydrogens is 212 g/mol. The summed E-state index contributed by atoms with van der Waals surface area (Å²) in [6, 6.07) is 1.21. The summed E-state index contributed by atoms with van der Waals surface area (Å²) in [6.45, 7) is 3.44. The fourth-order valence-corrected chi connectivity index (χ4v) is 3.45. The van der Waals surface area contributed by atoms with Crippen molar-refractivity contribution in [3.8, 4) is 0 Å². The first-order valence-corrected chi connectivity index (χ1v) is 7.29. The van der Waals surface area contributed by atoms with E-state index in [1.807, 2.05) is 0 Å². The molecule has 0 aromatic heterocycles. The Hall–Kier alpha value is -0.130. The van der Waals surface area contributed by atoms with Gasteiger partial charge >= 0.3 is 0 Å². The standard InChI is InChI=1S/C10H20N2O2S/c1-7(2)15(13,14)12-10-5-8-3-4-9(6-10)11-8/h7-12H,3-6H2,1-2H3. The van der Waals surface area contributed by atoms with Crippen LogP contribution in [0.1, 0.15) is 39.5 Å². The molecule has 0 aromatic carbocycles. The van der Waals surface area contributed by atoms with Crippen molar-refractivity contribution in [2.75, 3.05) is 0 Å².